The zero-order valence-corrected chi connectivity index (χ0v) is 16.2. The van der Waals surface area contributed by atoms with Gasteiger partial charge in [0.05, 0.1) is 4.91 Å². The third-order valence-electron chi connectivity index (χ3n) is 4.43. The van der Waals surface area contributed by atoms with Gasteiger partial charge < -0.3 is 4.57 Å². The number of aromatic nitrogens is 1. The van der Waals surface area contributed by atoms with Crippen LogP contribution in [-0.2, 0) is 4.79 Å². The minimum absolute atomic E-state index is 0.210. The molecule has 1 saturated heterocycles. The molecule has 6 heteroatoms. The van der Waals surface area contributed by atoms with Gasteiger partial charge in [0.2, 0.25) is 0 Å². The summed E-state index contributed by atoms with van der Waals surface area (Å²) in [4.78, 5) is 25.9. The fourth-order valence-electron chi connectivity index (χ4n) is 3.06. The Bertz CT molecular complexity index is 914. The Morgan fingerprint density at radius 1 is 1.20 bits per heavy atom. The molecule has 130 valence electrons. The minimum Gasteiger partial charge on any atom is -0.318 e. The molecule has 0 saturated carbocycles. The van der Waals surface area contributed by atoms with Gasteiger partial charge in [-0.3, -0.25) is 14.5 Å². The van der Waals surface area contributed by atoms with Gasteiger partial charge in [0.1, 0.15) is 0 Å². The molecule has 1 aromatic carbocycles. The third-order valence-corrected chi connectivity index (χ3v) is 5.74. The number of amides is 2. The zero-order valence-electron chi connectivity index (χ0n) is 14.6. The normalized spacial score (nSPS) is 16.4. The lowest BCUT2D eigenvalue weighted by Gasteiger charge is -2.13. The summed E-state index contributed by atoms with van der Waals surface area (Å²) >= 11 is 7.26. The Morgan fingerprint density at radius 2 is 1.92 bits per heavy atom. The molecule has 0 aliphatic carbocycles. The molecular weight excluding hydrogens is 356 g/mol. The monoisotopic (exact) mass is 374 g/mol. The molecule has 0 N–H and O–H groups in total. The molecule has 2 heterocycles. The Labute approximate surface area is 156 Å². The molecule has 4 nitrogen and oxygen atoms in total. The number of aryl methyl sites for hydroxylation is 1. The molecule has 0 radical (unpaired) electrons. The topological polar surface area (TPSA) is 42.3 Å². The standard InChI is InChI=1S/C19H19ClN2O2S/c1-5-21-18(23)17(25-19(21)24)10-14-9-11(2)22(13(14)4)16-8-6-7-15(20)12(16)3/h6-10H,5H2,1-4H3/b17-10+. The van der Waals surface area contributed by atoms with Crippen molar-refractivity contribution in [2.45, 2.75) is 27.7 Å². The molecule has 1 aromatic heterocycles. The number of halogens is 1. The number of likely N-dealkylation sites (N-methyl/N-ethyl adjacent to an activating group) is 1. The van der Waals surface area contributed by atoms with Crippen molar-refractivity contribution < 1.29 is 9.59 Å². The summed E-state index contributed by atoms with van der Waals surface area (Å²) in [7, 11) is 0. The molecule has 2 aromatic rings. The van der Waals surface area contributed by atoms with Gasteiger partial charge in [-0.25, -0.2) is 0 Å². The van der Waals surface area contributed by atoms with Gasteiger partial charge in [-0.2, -0.15) is 0 Å². The second kappa shape index (κ2) is 6.73. The number of imide groups is 1. The number of hydrogen-bond donors (Lipinski definition) is 0. The number of carbonyl (C=O) groups excluding carboxylic acids is 2. The Morgan fingerprint density at radius 3 is 2.56 bits per heavy atom. The molecule has 1 aliphatic heterocycles. The van der Waals surface area contributed by atoms with E-state index in [0.29, 0.717) is 11.4 Å². The Balaban J connectivity index is 2.07. The van der Waals surface area contributed by atoms with Gasteiger partial charge in [0.15, 0.2) is 0 Å². The fraction of sp³-hybridized carbons (Fsp3) is 0.263. The second-order valence-electron chi connectivity index (χ2n) is 5.97. The number of hydrogen-bond acceptors (Lipinski definition) is 3. The second-order valence-corrected chi connectivity index (χ2v) is 7.37. The van der Waals surface area contributed by atoms with E-state index in [1.807, 2.05) is 45.0 Å². The largest absolute Gasteiger partial charge is 0.318 e. The molecule has 1 fully saturated rings. The van der Waals surface area contributed by atoms with Crippen LogP contribution in [0.1, 0.15) is 29.4 Å². The van der Waals surface area contributed by atoms with Crippen LogP contribution in [0, 0.1) is 20.8 Å². The van der Waals surface area contributed by atoms with Gasteiger partial charge in [-0.15, -0.1) is 0 Å². The van der Waals surface area contributed by atoms with E-state index in [9.17, 15) is 9.59 Å². The number of benzene rings is 1. The quantitative estimate of drug-likeness (QED) is 0.701. The van der Waals surface area contributed by atoms with E-state index in [1.54, 1.807) is 13.0 Å². The van der Waals surface area contributed by atoms with E-state index >= 15 is 0 Å². The average molecular weight is 375 g/mol. The summed E-state index contributed by atoms with van der Waals surface area (Å²) < 4.78 is 2.12. The van der Waals surface area contributed by atoms with Gasteiger partial charge in [0.25, 0.3) is 11.1 Å². The molecule has 1 aliphatic rings. The average Bonchev–Trinajstić information content (AvgIpc) is 2.99. The van der Waals surface area contributed by atoms with Crippen LogP contribution in [0.15, 0.2) is 29.2 Å². The molecule has 0 atom stereocenters. The third kappa shape index (κ3) is 3.02. The number of rotatable bonds is 3. The minimum atomic E-state index is -0.221. The van der Waals surface area contributed by atoms with Crippen molar-refractivity contribution in [2.75, 3.05) is 6.54 Å². The summed E-state index contributed by atoms with van der Waals surface area (Å²) in [6.45, 7) is 8.20. The number of nitrogens with zero attached hydrogens (tertiary/aromatic N) is 2. The van der Waals surface area contributed by atoms with E-state index in [2.05, 4.69) is 4.57 Å². The lowest BCUT2D eigenvalue weighted by Crippen LogP contribution is -2.27. The highest BCUT2D eigenvalue weighted by molar-refractivity contribution is 8.18. The van der Waals surface area contributed by atoms with Crippen molar-refractivity contribution in [1.29, 1.82) is 0 Å². The first kappa shape index (κ1) is 17.8. The molecule has 3 rings (SSSR count). The highest BCUT2D eigenvalue weighted by Crippen LogP contribution is 2.34. The van der Waals surface area contributed by atoms with Crippen LogP contribution in [0.5, 0.6) is 0 Å². The lowest BCUT2D eigenvalue weighted by atomic mass is 10.2. The smallest absolute Gasteiger partial charge is 0.293 e. The molecule has 2 amide bonds. The molecule has 0 unspecified atom stereocenters. The van der Waals surface area contributed by atoms with Gasteiger partial charge in [-0.05, 0) is 74.9 Å². The van der Waals surface area contributed by atoms with Gasteiger partial charge >= 0.3 is 0 Å². The summed E-state index contributed by atoms with van der Waals surface area (Å²) in [6, 6.07) is 7.84. The molecule has 0 spiro atoms. The van der Waals surface area contributed by atoms with Crippen LogP contribution in [0.2, 0.25) is 5.02 Å². The fourth-order valence-corrected chi connectivity index (χ4v) is 4.12. The van der Waals surface area contributed by atoms with Gasteiger partial charge in [-0.1, -0.05) is 17.7 Å². The lowest BCUT2D eigenvalue weighted by molar-refractivity contribution is -0.122. The van der Waals surface area contributed by atoms with E-state index in [1.165, 1.54) is 4.90 Å². The highest BCUT2D eigenvalue weighted by Gasteiger charge is 2.33. The summed E-state index contributed by atoms with van der Waals surface area (Å²) in [6.07, 6.45) is 1.80. The van der Waals surface area contributed by atoms with Crippen molar-refractivity contribution in [3.63, 3.8) is 0 Å². The molecule has 25 heavy (non-hydrogen) atoms. The van der Waals surface area contributed by atoms with E-state index < -0.39 is 0 Å². The van der Waals surface area contributed by atoms with E-state index in [4.69, 9.17) is 11.6 Å². The van der Waals surface area contributed by atoms with Crippen molar-refractivity contribution >= 4 is 40.6 Å². The summed E-state index contributed by atoms with van der Waals surface area (Å²) in [5.74, 6) is -0.221. The van der Waals surface area contributed by atoms with Crippen molar-refractivity contribution in [1.82, 2.24) is 9.47 Å². The Kier molecular flexibility index (Phi) is 4.80. The predicted molar refractivity (Wildman–Crippen MR) is 103 cm³/mol. The van der Waals surface area contributed by atoms with Gasteiger partial charge in [0, 0.05) is 28.6 Å². The number of carbonyl (C=O) groups is 2. The van der Waals surface area contributed by atoms with Crippen LogP contribution in [-0.4, -0.2) is 27.2 Å². The maximum atomic E-state index is 12.3. The van der Waals surface area contributed by atoms with Crippen molar-refractivity contribution in [3.8, 4) is 5.69 Å². The first-order valence-corrected chi connectivity index (χ1v) is 9.24. The van der Waals surface area contributed by atoms with Crippen molar-refractivity contribution in [2.24, 2.45) is 0 Å². The first-order valence-electron chi connectivity index (χ1n) is 8.05. The maximum absolute atomic E-state index is 12.3. The van der Waals surface area contributed by atoms with Crippen LogP contribution in [0.3, 0.4) is 0 Å². The Hall–Kier alpha value is -1.98. The predicted octanol–water partition coefficient (Wildman–Crippen LogP) is 5.11. The van der Waals surface area contributed by atoms with E-state index in [-0.39, 0.29) is 11.1 Å². The van der Waals surface area contributed by atoms with Crippen LogP contribution in [0.25, 0.3) is 11.8 Å². The number of thioether (sulfide) groups is 1. The van der Waals surface area contributed by atoms with Crippen molar-refractivity contribution in [3.05, 3.63) is 56.7 Å². The zero-order chi connectivity index (χ0) is 18.3. The molecular formula is C19H19ClN2O2S. The molecule has 0 bridgehead atoms. The van der Waals surface area contributed by atoms with Crippen LogP contribution < -0.4 is 0 Å². The summed E-state index contributed by atoms with van der Waals surface area (Å²) in [5.41, 5.74) is 5.00. The maximum Gasteiger partial charge on any atom is 0.293 e. The van der Waals surface area contributed by atoms with E-state index in [0.717, 1.165) is 45.0 Å². The first-order chi connectivity index (χ1) is 11.8. The van der Waals surface area contributed by atoms with Crippen LogP contribution >= 0.6 is 23.4 Å². The SMILES string of the molecule is CCN1C(=O)S/C(=C/c2cc(C)n(-c3cccc(Cl)c3C)c2C)C1=O. The highest BCUT2D eigenvalue weighted by atomic mass is 35.5. The van der Waals surface area contributed by atoms with Crippen LogP contribution in [0.4, 0.5) is 4.79 Å². The summed E-state index contributed by atoms with van der Waals surface area (Å²) in [5, 5.41) is 0.508.